The molecule has 0 rings (SSSR count). The minimum atomic E-state index is 0.618. The van der Waals surface area contributed by atoms with E-state index in [0.29, 0.717) is 6.54 Å². The van der Waals surface area contributed by atoms with Crippen molar-refractivity contribution in [1.29, 1.82) is 0 Å². The highest BCUT2D eigenvalue weighted by atomic mass is 32.2. The van der Waals surface area contributed by atoms with Gasteiger partial charge in [-0.1, -0.05) is 18.7 Å². The van der Waals surface area contributed by atoms with Crippen LogP contribution >= 0.6 is 11.8 Å². The maximum Gasteiger partial charge on any atom is 0.0238 e. The van der Waals surface area contributed by atoms with Crippen LogP contribution in [0.1, 0.15) is 0 Å². The Kier molecular flexibility index (Phi) is 4.81. The van der Waals surface area contributed by atoms with Crippen LogP contribution in [0.15, 0.2) is 23.6 Å². The molecule has 2 N–H and O–H groups in total. The molecule has 0 heterocycles. The van der Waals surface area contributed by atoms with Crippen LogP contribution in [0.3, 0.4) is 0 Å². The van der Waals surface area contributed by atoms with Gasteiger partial charge in [0.25, 0.3) is 0 Å². The second-order valence-corrected chi connectivity index (χ2v) is 2.21. The van der Waals surface area contributed by atoms with Crippen molar-refractivity contribution in [3.8, 4) is 0 Å². The number of rotatable bonds is 3. The molecule has 0 aromatic carbocycles. The molecule has 0 saturated carbocycles. The summed E-state index contributed by atoms with van der Waals surface area (Å²) in [7, 11) is 0. The predicted octanol–water partition coefficient (Wildman–Crippen LogP) is 1.38. The molecular formula is C6H11NS. The number of allylic oxidation sites excluding steroid dienone is 2. The summed E-state index contributed by atoms with van der Waals surface area (Å²) in [6.45, 7) is 4.17. The Labute approximate surface area is 54.6 Å². The summed E-state index contributed by atoms with van der Waals surface area (Å²) in [6, 6.07) is 0. The van der Waals surface area contributed by atoms with Crippen LogP contribution in [0.5, 0.6) is 0 Å². The van der Waals surface area contributed by atoms with E-state index in [9.17, 15) is 0 Å². The summed E-state index contributed by atoms with van der Waals surface area (Å²) in [5.41, 5.74) is 5.33. The van der Waals surface area contributed by atoms with E-state index in [4.69, 9.17) is 5.73 Å². The zero-order valence-corrected chi connectivity index (χ0v) is 5.87. The van der Waals surface area contributed by atoms with E-state index in [0.717, 1.165) is 0 Å². The van der Waals surface area contributed by atoms with Crippen molar-refractivity contribution < 1.29 is 0 Å². The van der Waals surface area contributed by atoms with Crippen molar-refractivity contribution in [3.05, 3.63) is 23.6 Å². The first-order valence-corrected chi connectivity index (χ1v) is 3.63. The molecule has 0 aliphatic heterocycles. The number of thioether (sulfide) groups is 1. The van der Waals surface area contributed by atoms with Gasteiger partial charge in [-0.05, 0) is 11.2 Å². The quantitative estimate of drug-likeness (QED) is 0.582. The molecule has 0 bridgehead atoms. The van der Waals surface area contributed by atoms with Crippen LogP contribution in [-0.2, 0) is 0 Å². The molecule has 0 fully saturated rings. The Hall–Kier alpha value is -0.210. The summed E-state index contributed by atoms with van der Waals surface area (Å²) in [6.07, 6.45) is 5.67. The molecule has 2 heteroatoms. The Balaban J connectivity index is 3.66. The molecule has 8 heavy (non-hydrogen) atoms. The Bertz CT molecular complexity index is 90.7. The fourth-order valence-electron chi connectivity index (χ4n) is 0.351. The molecule has 0 amide bonds. The predicted molar refractivity (Wildman–Crippen MR) is 40.8 cm³/mol. The highest BCUT2D eigenvalue weighted by Gasteiger charge is 1.84. The van der Waals surface area contributed by atoms with Gasteiger partial charge < -0.3 is 5.73 Å². The third-order valence-electron chi connectivity index (χ3n) is 0.767. The minimum Gasteiger partial charge on any atom is -0.326 e. The lowest BCUT2D eigenvalue weighted by atomic mass is 10.5. The van der Waals surface area contributed by atoms with Crippen LogP contribution in [-0.4, -0.2) is 12.8 Å². The van der Waals surface area contributed by atoms with E-state index in [1.54, 1.807) is 17.8 Å². The van der Waals surface area contributed by atoms with Crippen molar-refractivity contribution >= 4 is 11.8 Å². The highest BCUT2D eigenvalue weighted by molar-refractivity contribution is 8.02. The van der Waals surface area contributed by atoms with Crippen LogP contribution in [0.25, 0.3) is 0 Å². The Morgan fingerprint density at radius 2 is 2.50 bits per heavy atom. The lowest BCUT2D eigenvalue weighted by molar-refractivity contribution is 1.23. The van der Waals surface area contributed by atoms with E-state index in [1.807, 2.05) is 12.3 Å². The molecule has 0 atom stereocenters. The van der Waals surface area contributed by atoms with Crippen LogP contribution < -0.4 is 5.73 Å². The molecule has 0 spiro atoms. The average Bonchev–Trinajstić information content (AvgIpc) is 1.83. The smallest absolute Gasteiger partial charge is 0.0238 e. The number of nitrogens with two attached hydrogens (primary N) is 1. The van der Waals surface area contributed by atoms with E-state index < -0.39 is 0 Å². The van der Waals surface area contributed by atoms with Gasteiger partial charge in [-0.3, -0.25) is 0 Å². The van der Waals surface area contributed by atoms with Crippen LogP contribution in [0, 0.1) is 0 Å². The van der Waals surface area contributed by atoms with Crippen molar-refractivity contribution in [2.75, 3.05) is 12.8 Å². The topological polar surface area (TPSA) is 26.0 Å². The monoisotopic (exact) mass is 129 g/mol. The standard InChI is InChI=1S/C6H11NS/c1-3-4-6(5-7)8-2/h3-4H,1,5,7H2,2H3/b6-4-. The molecular weight excluding hydrogens is 118 g/mol. The molecule has 46 valence electrons. The molecule has 0 aliphatic rings. The van der Waals surface area contributed by atoms with Gasteiger partial charge in [-0.25, -0.2) is 0 Å². The van der Waals surface area contributed by atoms with Gasteiger partial charge in [0.15, 0.2) is 0 Å². The molecule has 0 radical (unpaired) electrons. The lowest BCUT2D eigenvalue weighted by Gasteiger charge is -1.93. The molecule has 0 aliphatic carbocycles. The Morgan fingerprint density at radius 3 is 2.62 bits per heavy atom. The number of hydrogen-bond donors (Lipinski definition) is 1. The van der Waals surface area contributed by atoms with Gasteiger partial charge in [0, 0.05) is 6.54 Å². The third kappa shape index (κ3) is 2.88. The van der Waals surface area contributed by atoms with Crippen molar-refractivity contribution in [2.24, 2.45) is 5.73 Å². The van der Waals surface area contributed by atoms with Crippen LogP contribution in [0.2, 0.25) is 0 Å². The highest BCUT2D eigenvalue weighted by Crippen LogP contribution is 2.07. The second-order valence-electron chi connectivity index (χ2n) is 1.28. The van der Waals surface area contributed by atoms with E-state index >= 15 is 0 Å². The number of hydrogen-bond acceptors (Lipinski definition) is 2. The summed E-state index contributed by atoms with van der Waals surface area (Å²) < 4.78 is 0. The van der Waals surface area contributed by atoms with Crippen molar-refractivity contribution in [2.45, 2.75) is 0 Å². The first-order valence-electron chi connectivity index (χ1n) is 2.40. The summed E-state index contributed by atoms with van der Waals surface area (Å²) in [5.74, 6) is 0. The maximum absolute atomic E-state index is 5.33. The molecule has 0 aromatic heterocycles. The van der Waals surface area contributed by atoms with Crippen LogP contribution in [0.4, 0.5) is 0 Å². The van der Waals surface area contributed by atoms with E-state index in [-0.39, 0.29) is 0 Å². The van der Waals surface area contributed by atoms with E-state index in [1.165, 1.54) is 4.91 Å². The summed E-state index contributed by atoms with van der Waals surface area (Å²) in [5, 5.41) is 0. The zero-order chi connectivity index (χ0) is 6.41. The minimum absolute atomic E-state index is 0.618. The molecule has 0 saturated heterocycles. The fraction of sp³-hybridized carbons (Fsp3) is 0.333. The first-order chi connectivity index (χ1) is 3.85. The lowest BCUT2D eigenvalue weighted by Crippen LogP contribution is -1.98. The molecule has 0 aromatic rings. The van der Waals surface area contributed by atoms with Gasteiger partial charge in [-0.15, -0.1) is 11.8 Å². The van der Waals surface area contributed by atoms with Gasteiger partial charge in [-0.2, -0.15) is 0 Å². The van der Waals surface area contributed by atoms with Crippen molar-refractivity contribution in [1.82, 2.24) is 0 Å². The van der Waals surface area contributed by atoms with Gasteiger partial charge >= 0.3 is 0 Å². The van der Waals surface area contributed by atoms with Gasteiger partial charge in [0.2, 0.25) is 0 Å². The molecule has 0 unspecified atom stereocenters. The average molecular weight is 129 g/mol. The summed E-state index contributed by atoms with van der Waals surface area (Å²) in [4.78, 5) is 1.17. The third-order valence-corrected chi connectivity index (χ3v) is 1.59. The van der Waals surface area contributed by atoms with Gasteiger partial charge in [0.05, 0.1) is 0 Å². The van der Waals surface area contributed by atoms with E-state index in [2.05, 4.69) is 6.58 Å². The zero-order valence-electron chi connectivity index (χ0n) is 5.05. The second kappa shape index (κ2) is 4.94. The fourth-order valence-corrected chi connectivity index (χ4v) is 0.750. The molecule has 1 nitrogen and oxygen atoms in total. The SMILES string of the molecule is C=C/C=C(/CN)SC. The summed E-state index contributed by atoms with van der Waals surface area (Å²) >= 11 is 1.66. The largest absolute Gasteiger partial charge is 0.326 e. The van der Waals surface area contributed by atoms with Gasteiger partial charge in [0.1, 0.15) is 0 Å². The first kappa shape index (κ1) is 7.79. The van der Waals surface area contributed by atoms with Crippen molar-refractivity contribution in [3.63, 3.8) is 0 Å². The Morgan fingerprint density at radius 1 is 1.88 bits per heavy atom. The maximum atomic E-state index is 5.33. The normalized spacial score (nSPS) is 11.5.